The Morgan fingerprint density at radius 2 is 0.581 bits per heavy atom. The molecule has 0 heterocycles. The second kappa shape index (κ2) is 26.8. The highest BCUT2D eigenvalue weighted by molar-refractivity contribution is 6.30. The van der Waals surface area contributed by atoms with Crippen molar-refractivity contribution in [1.82, 2.24) is 0 Å². The molecule has 556 valence electrons. The van der Waals surface area contributed by atoms with Crippen LogP contribution in [-0.4, -0.2) is 0 Å². The Kier molecular flexibility index (Phi) is 15.9. The molecule has 4 nitrogen and oxygen atoms in total. The van der Waals surface area contributed by atoms with Gasteiger partial charge < -0.3 is 19.6 Å². The molecule has 117 heavy (non-hydrogen) atoms. The van der Waals surface area contributed by atoms with Gasteiger partial charge in [-0.15, -0.1) is 0 Å². The van der Waals surface area contributed by atoms with Crippen molar-refractivity contribution in [1.29, 1.82) is 0 Å². The molecular formula is C110H75F3N4. The van der Waals surface area contributed by atoms with Crippen LogP contribution in [0.1, 0.15) is 49.9 Å². The molecule has 2 aliphatic carbocycles. The van der Waals surface area contributed by atoms with Gasteiger partial charge in [0, 0.05) is 66.1 Å². The monoisotopic (exact) mass is 1510 g/mol. The molecule has 7 heteroatoms. The van der Waals surface area contributed by atoms with Crippen LogP contribution in [0.3, 0.4) is 0 Å². The maximum absolute atomic E-state index is 18.0. The van der Waals surface area contributed by atoms with Crippen molar-refractivity contribution in [3.05, 3.63) is 422 Å². The van der Waals surface area contributed by atoms with E-state index < -0.39 is 17.0 Å². The van der Waals surface area contributed by atoms with Gasteiger partial charge in [0.15, 0.2) is 0 Å². The second-order valence-electron chi connectivity index (χ2n) is 32.2. The van der Waals surface area contributed by atoms with Crippen LogP contribution in [0.25, 0.3) is 120 Å². The molecule has 0 amide bonds. The van der Waals surface area contributed by atoms with Gasteiger partial charge >= 0.3 is 0 Å². The molecule has 20 aromatic carbocycles. The van der Waals surface area contributed by atoms with E-state index in [0.29, 0.717) is 11.4 Å². The number of fused-ring (bicyclic) bond motifs is 6. The van der Waals surface area contributed by atoms with Crippen LogP contribution in [0.15, 0.2) is 382 Å². The second-order valence-corrected chi connectivity index (χ2v) is 32.2. The van der Waals surface area contributed by atoms with Crippen molar-refractivity contribution in [2.24, 2.45) is 0 Å². The lowest BCUT2D eigenvalue weighted by molar-refractivity contribution is 0.620. The minimum atomic E-state index is -0.519. The molecule has 0 N–H and O–H groups in total. The Morgan fingerprint density at radius 1 is 0.205 bits per heavy atom. The molecule has 0 radical (unpaired) electrons. The van der Waals surface area contributed by atoms with E-state index in [9.17, 15) is 0 Å². The first-order valence-corrected chi connectivity index (χ1v) is 40.1. The standard InChI is InChI=1S/C110H75F3N4/c1-109(2)87-37-21-20-36-80(87)106-88(109)38-24-42-99(106)114(77-30-14-7-15-31-77)94-60-50-70-45-56-83-95(61-51-71-44-55-82(94)102(70)103(71)83)115(78-32-16-8-17-33-78)100-43-25-39-89-107(100)81-54-48-74(65-90(81)110(89,3)4)75-49-59-92(112)101(67-75)117(98-41-23-22-40-91(98)111)97-63-53-73-46-57-84-96(62-52-72-47-58-85(97)105(73)104(72)84)116(79-34-18-9-19-35-79)108-86(69-28-12-6-13-29-69)64-76(66-93(108)113)68-26-10-5-11-27-68/h5-67H,1-4H3. The number of anilines is 12. The van der Waals surface area contributed by atoms with Crippen LogP contribution in [0.2, 0.25) is 0 Å². The van der Waals surface area contributed by atoms with Crippen molar-refractivity contribution in [3.8, 4) is 55.6 Å². The molecule has 0 spiro atoms. The molecule has 0 aliphatic heterocycles. The fraction of sp³-hybridized carbons (Fsp3) is 0.0545. The Bertz CT molecular complexity index is 7370. The van der Waals surface area contributed by atoms with Gasteiger partial charge in [-0.05, 0) is 220 Å². The molecule has 0 saturated heterocycles. The molecule has 0 saturated carbocycles. The van der Waals surface area contributed by atoms with E-state index in [4.69, 9.17) is 0 Å². The zero-order valence-electron chi connectivity index (χ0n) is 64.8. The number of hydrogen-bond acceptors (Lipinski definition) is 4. The van der Waals surface area contributed by atoms with Gasteiger partial charge in [-0.25, -0.2) is 13.2 Å². The molecule has 0 unspecified atom stereocenters. The summed E-state index contributed by atoms with van der Waals surface area (Å²) in [7, 11) is 0. The topological polar surface area (TPSA) is 13.0 Å². The SMILES string of the molecule is CC1(C)c2ccccc2-c2c(N(c3ccccc3)c3ccc4ccc5c(N(c6ccccc6)c6cccc7c6-c6ccc(-c8ccc(F)c(N(c9ccccc9F)c9ccc%10ccc%11c(N(c%12ccccc%12)c%12c(F)cc(-c%13ccccc%13)cc%12-c%12ccccc%12)ccc%12ccc9c%10c%12%11)c8)cc6C7(C)C)ccc6ccc3c4c65)cccc21. The molecule has 0 fully saturated rings. The van der Waals surface area contributed by atoms with E-state index in [0.717, 1.165) is 144 Å². The van der Waals surface area contributed by atoms with Crippen LogP contribution >= 0.6 is 0 Å². The zero-order valence-corrected chi connectivity index (χ0v) is 64.8. The van der Waals surface area contributed by atoms with Gasteiger partial charge in [-0.3, -0.25) is 0 Å². The van der Waals surface area contributed by atoms with E-state index >= 15 is 13.2 Å². The largest absolute Gasteiger partial charge is 0.309 e. The van der Waals surface area contributed by atoms with Gasteiger partial charge in [0.25, 0.3) is 0 Å². The fourth-order valence-electron chi connectivity index (χ4n) is 19.7. The van der Waals surface area contributed by atoms with Crippen molar-refractivity contribution in [3.63, 3.8) is 0 Å². The average molecular weight is 1510 g/mol. The van der Waals surface area contributed by atoms with E-state index in [1.807, 2.05) is 120 Å². The maximum Gasteiger partial charge on any atom is 0.148 e. The highest BCUT2D eigenvalue weighted by Crippen LogP contribution is 2.60. The van der Waals surface area contributed by atoms with Gasteiger partial charge in [0.1, 0.15) is 17.5 Å². The molecule has 0 atom stereocenters. The van der Waals surface area contributed by atoms with Crippen LogP contribution in [0.4, 0.5) is 81.4 Å². The number of rotatable bonds is 15. The highest BCUT2D eigenvalue weighted by Gasteiger charge is 2.41. The molecule has 0 bridgehead atoms. The summed E-state index contributed by atoms with van der Waals surface area (Å²) in [6, 6.07) is 131. The lowest BCUT2D eigenvalue weighted by Crippen LogP contribution is -2.16. The lowest BCUT2D eigenvalue weighted by atomic mass is 9.81. The summed E-state index contributed by atoms with van der Waals surface area (Å²) in [5.74, 6) is -1.41. The summed E-state index contributed by atoms with van der Waals surface area (Å²) in [5, 5.41) is 12.4. The predicted molar refractivity (Wildman–Crippen MR) is 484 cm³/mol. The summed E-state index contributed by atoms with van der Waals surface area (Å²) >= 11 is 0. The first kappa shape index (κ1) is 69.2. The van der Waals surface area contributed by atoms with Crippen molar-refractivity contribution >= 4 is 133 Å². The summed E-state index contributed by atoms with van der Waals surface area (Å²) in [6.45, 7) is 9.32. The van der Waals surface area contributed by atoms with E-state index in [1.54, 1.807) is 29.2 Å². The van der Waals surface area contributed by atoms with Gasteiger partial charge in [-0.1, -0.05) is 295 Å². The molecule has 20 aromatic rings. The third kappa shape index (κ3) is 10.8. The Hall–Kier alpha value is -14.5. The maximum atomic E-state index is 18.0. The van der Waals surface area contributed by atoms with E-state index in [-0.39, 0.29) is 22.6 Å². The van der Waals surface area contributed by atoms with Crippen LogP contribution in [-0.2, 0) is 10.8 Å². The quantitative estimate of drug-likeness (QED) is 0.0949. The highest BCUT2D eigenvalue weighted by atomic mass is 19.1. The fourth-order valence-corrected chi connectivity index (χ4v) is 19.7. The molecule has 0 aromatic heterocycles. The first-order valence-electron chi connectivity index (χ1n) is 40.1. The summed E-state index contributed by atoms with van der Waals surface area (Å²) in [5.41, 5.74) is 23.4. The minimum Gasteiger partial charge on any atom is -0.309 e. The number of hydrogen-bond donors (Lipinski definition) is 0. The van der Waals surface area contributed by atoms with Gasteiger partial charge in [-0.2, -0.15) is 0 Å². The Balaban J connectivity index is 0.669. The van der Waals surface area contributed by atoms with Crippen molar-refractivity contribution in [2.75, 3.05) is 19.6 Å². The summed E-state index contributed by atoms with van der Waals surface area (Å²) < 4.78 is 53.0. The smallest absolute Gasteiger partial charge is 0.148 e. The molecule has 2 aliphatic rings. The van der Waals surface area contributed by atoms with Crippen molar-refractivity contribution < 1.29 is 13.2 Å². The minimum absolute atomic E-state index is 0.181. The Labute approximate surface area is 677 Å². The molecular weight excluding hydrogens is 1430 g/mol. The summed E-state index contributed by atoms with van der Waals surface area (Å²) in [4.78, 5) is 8.74. The number of nitrogens with zero attached hydrogens (tertiary/aromatic N) is 4. The van der Waals surface area contributed by atoms with E-state index in [1.165, 1.54) is 56.1 Å². The van der Waals surface area contributed by atoms with Gasteiger partial charge in [0.2, 0.25) is 0 Å². The van der Waals surface area contributed by atoms with E-state index in [2.05, 4.69) is 268 Å². The zero-order chi connectivity index (χ0) is 78.5. The van der Waals surface area contributed by atoms with Gasteiger partial charge in [0.05, 0.1) is 51.2 Å². The lowest BCUT2D eigenvalue weighted by Gasteiger charge is -2.31. The van der Waals surface area contributed by atoms with Crippen LogP contribution < -0.4 is 19.6 Å². The first-order chi connectivity index (χ1) is 57.3. The van der Waals surface area contributed by atoms with Crippen LogP contribution in [0.5, 0.6) is 0 Å². The molecule has 22 rings (SSSR count). The number of para-hydroxylation sites is 4. The Morgan fingerprint density at radius 3 is 1.09 bits per heavy atom. The normalized spacial score (nSPS) is 13.1. The number of benzene rings is 20. The van der Waals surface area contributed by atoms with Crippen molar-refractivity contribution in [2.45, 2.75) is 38.5 Å². The van der Waals surface area contributed by atoms with Crippen LogP contribution in [0, 0.1) is 17.5 Å². The number of halogens is 3. The predicted octanol–water partition coefficient (Wildman–Crippen LogP) is 31.4. The average Bonchev–Trinajstić information content (AvgIpc) is 1.70. The third-order valence-corrected chi connectivity index (χ3v) is 25.1. The third-order valence-electron chi connectivity index (χ3n) is 25.1. The summed E-state index contributed by atoms with van der Waals surface area (Å²) in [6.07, 6.45) is 0.